The van der Waals surface area contributed by atoms with Crippen molar-refractivity contribution in [3.05, 3.63) is 47.3 Å². The molecule has 0 radical (unpaired) electrons. The molecule has 4 nitrogen and oxygen atoms in total. The van der Waals surface area contributed by atoms with Crippen LogP contribution in [-0.4, -0.2) is 16.5 Å². The van der Waals surface area contributed by atoms with Gasteiger partial charge in [-0.15, -0.1) is 0 Å². The highest BCUT2D eigenvalue weighted by atomic mass is 15.2. The van der Waals surface area contributed by atoms with Crippen molar-refractivity contribution in [2.75, 3.05) is 17.2 Å². The van der Waals surface area contributed by atoms with Crippen molar-refractivity contribution < 1.29 is 0 Å². The fraction of sp³-hybridized carbons (Fsp3) is 0.375. The lowest BCUT2D eigenvalue weighted by atomic mass is 10.1. The number of nitrogens with two attached hydrogens (primary N) is 1. The minimum atomic E-state index is 0.739. The van der Waals surface area contributed by atoms with E-state index < -0.39 is 0 Å². The number of anilines is 2. The van der Waals surface area contributed by atoms with Crippen molar-refractivity contribution in [3.63, 3.8) is 0 Å². The second kappa shape index (κ2) is 6.37. The highest BCUT2D eigenvalue weighted by molar-refractivity contribution is 5.48. The topological polar surface area (TPSA) is 55.0 Å². The molecule has 0 atom stereocenters. The smallest absolute Gasteiger partial charge is 0.226 e. The van der Waals surface area contributed by atoms with Crippen LogP contribution >= 0.6 is 0 Å². The largest absolute Gasteiger partial charge is 0.398 e. The van der Waals surface area contributed by atoms with E-state index in [0.29, 0.717) is 0 Å². The Balaban J connectivity index is 2.29. The van der Waals surface area contributed by atoms with Gasteiger partial charge < -0.3 is 10.6 Å². The molecule has 4 heteroatoms. The molecule has 106 valence electrons. The quantitative estimate of drug-likeness (QED) is 0.848. The summed E-state index contributed by atoms with van der Waals surface area (Å²) in [4.78, 5) is 11.3. The lowest BCUT2D eigenvalue weighted by Gasteiger charge is -2.23. The summed E-state index contributed by atoms with van der Waals surface area (Å²) < 4.78 is 0. The SMILES string of the molecule is CCCN(Cc1ccccc1N)c1nc(C)cc(C)n1. The molecule has 20 heavy (non-hydrogen) atoms. The van der Waals surface area contributed by atoms with Crippen molar-refractivity contribution in [2.24, 2.45) is 0 Å². The zero-order chi connectivity index (χ0) is 14.5. The Bertz CT molecular complexity index is 560. The maximum atomic E-state index is 6.04. The minimum Gasteiger partial charge on any atom is -0.398 e. The normalized spacial score (nSPS) is 10.6. The number of aromatic nitrogens is 2. The van der Waals surface area contributed by atoms with Crippen LogP contribution in [0.25, 0.3) is 0 Å². The predicted octanol–water partition coefficient (Wildman–Crippen LogP) is 3.09. The third kappa shape index (κ3) is 3.47. The highest BCUT2D eigenvalue weighted by Crippen LogP contribution is 2.18. The number of aryl methyl sites for hydroxylation is 2. The summed E-state index contributed by atoms with van der Waals surface area (Å²) in [5, 5.41) is 0. The molecule has 2 rings (SSSR count). The summed E-state index contributed by atoms with van der Waals surface area (Å²) >= 11 is 0. The summed E-state index contributed by atoms with van der Waals surface area (Å²) in [5.74, 6) is 0.785. The van der Waals surface area contributed by atoms with Crippen LogP contribution in [0.5, 0.6) is 0 Å². The molecule has 0 spiro atoms. The number of para-hydroxylation sites is 1. The standard InChI is InChI=1S/C16H22N4/c1-4-9-20(11-14-7-5-6-8-15(14)17)16-18-12(2)10-13(3)19-16/h5-8,10H,4,9,11,17H2,1-3H3. The Labute approximate surface area is 120 Å². The average molecular weight is 270 g/mol. The van der Waals surface area contributed by atoms with Crippen LogP contribution in [0.4, 0.5) is 11.6 Å². The lowest BCUT2D eigenvalue weighted by molar-refractivity contribution is 0.735. The molecule has 0 bridgehead atoms. The van der Waals surface area contributed by atoms with Gasteiger partial charge in [-0.2, -0.15) is 0 Å². The van der Waals surface area contributed by atoms with E-state index in [9.17, 15) is 0 Å². The van der Waals surface area contributed by atoms with Gasteiger partial charge in [0, 0.05) is 30.2 Å². The van der Waals surface area contributed by atoms with Gasteiger partial charge in [-0.05, 0) is 38.0 Å². The molecule has 0 aliphatic heterocycles. The molecule has 1 aromatic carbocycles. The molecule has 0 aliphatic carbocycles. The molecular weight excluding hydrogens is 248 g/mol. The maximum Gasteiger partial charge on any atom is 0.226 e. The summed E-state index contributed by atoms with van der Waals surface area (Å²) in [6.45, 7) is 7.81. The van der Waals surface area contributed by atoms with Gasteiger partial charge in [0.25, 0.3) is 0 Å². The van der Waals surface area contributed by atoms with Crippen molar-refractivity contribution in [3.8, 4) is 0 Å². The number of benzene rings is 1. The monoisotopic (exact) mass is 270 g/mol. The zero-order valence-corrected chi connectivity index (χ0v) is 12.4. The summed E-state index contributed by atoms with van der Waals surface area (Å²) in [7, 11) is 0. The molecule has 0 amide bonds. The number of hydrogen-bond donors (Lipinski definition) is 1. The third-order valence-electron chi connectivity index (χ3n) is 3.16. The summed E-state index contributed by atoms with van der Waals surface area (Å²) in [6, 6.07) is 9.95. The van der Waals surface area contributed by atoms with E-state index in [0.717, 1.165) is 48.1 Å². The van der Waals surface area contributed by atoms with Crippen molar-refractivity contribution in [2.45, 2.75) is 33.7 Å². The van der Waals surface area contributed by atoms with Gasteiger partial charge in [-0.3, -0.25) is 0 Å². The first-order chi connectivity index (χ1) is 9.60. The molecule has 2 N–H and O–H groups in total. The Morgan fingerprint density at radius 1 is 1.10 bits per heavy atom. The van der Waals surface area contributed by atoms with Gasteiger partial charge in [0.2, 0.25) is 5.95 Å². The fourth-order valence-corrected chi connectivity index (χ4v) is 2.25. The first-order valence-corrected chi connectivity index (χ1v) is 7.00. The first-order valence-electron chi connectivity index (χ1n) is 7.00. The van der Waals surface area contributed by atoms with E-state index in [-0.39, 0.29) is 0 Å². The summed E-state index contributed by atoms with van der Waals surface area (Å²) in [6.07, 6.45) is 1.04. The maximum absolute atomic E-state index is 6.04. The Hall–Kier alpha value is -2.10. The van der Waals surface area contributed by atoms with Crippen LogP contribution in [0.15, 0.2) is 30.3 Å². The van der Waals surface area contributed by atoms with E-state index >= 15 is 0 Å². The molecule has 0 saturated heterocycles. The minimum absolute atomic E-state index is 0.739. The van der Waals surface area contributed by atoms with Crippen molar-refractivity contribution >= 4 is 11.6 Å². The molecule has 1 aromatic heterocycles. The van der Waals surface area contributed by atoms with E-state index in [1.165, 1.54) is 0 Å². The Kier molecular flexibility index (Phi) is 4.56. The number of hydrogen-bond acceptors (Lipinski definition) is 4. The third-order valence-corrected chi connectivity index (χ3v) is 3.16. The van der Waals surface area contributed by atoms with Crippen LogP contribution in [-0.2, 0) is 6.54 Å². The van der Waals surface area contributed by atoms with Gasteiger partial charge >= 0.3 is 0 Å². The molecule has 0 saturated carbocycles. The molecule has 1 heterocycles. The van der Waals surface area contributed by atoms with Crippen LogP contribution in [0.1, 0.15) is 30.3 Å². The second-order valence-electron chi connectivity index (χ2n) is 5.07. The van der Waals surface area contributed by atoms with E-state index in [1.54, 1.807) is 0 Å². The molecule has 0 aliphatic rings. The van der Waals surface area contributed by atoms with Crippen LogP contribution in [0.2, 0.25) is 0 Å². The lowest BCUT2D eigenvalue weighted by Crippen LogP contribution is -2.26. The van der Waals surface area contributed by atoms with Crippen molar-refractivity contribution in [1.82, 2.24) is 9.97 Å². The average Bonchev–Trinajstić information content (AvgIpc) is 2.39. The number of nitrogen functional groups attached to an aromatic ring is 1. The molecule has 0 fully saturated rings. The molecule has 0 unspecified atom stereocenters. The molecule has 2 aromatic rings. The van der Waals surface area contributed by atoms with E-state index in [1.807, 2.05) is 38.1 Å². The van der Waals surface area contributed by atoms with Crippen molar-refractivity contribution in [1.29, 1.82) is 0 Å². The van der Waals surface area contributed by atoms with Crippen LogP contribution in [0.3, 0.4) is 0 Å². The van der Waals surface area contributed by atoms with Gasteiger partial charge in [-0.25, -0.2) is 9.97 Å². The second-order valence-corrected chi connectivity index (χ2v) is 5.07. The van der Waals surface area contributed by atoms with Crippen LogP contribution in [0, 0.1) is 13.8 Å². The van der Waals surface area contributed by atoms with E-state index in [4.69, 9.17) is 5.73 Å². The van der Waals surface area contributed by atoms with Gasteiger partial charge in [0.05, 0.1) is 0 Å². The Morgan fingerprint density at radius 3 is 2.35 bits per heavy atom. The van der Waals surface area contributed by atoms with Gasteiger partial charge in [0.15, 0.2) is 0 Å². The highest BCUT2D eigenvalue weighted by Gasteiger charge is 2.12. The van der Waals surface area contributed by atoms with Crippen LogP contribution < -0.4 is 10.6 Å². The zero-order valence-electron chi connectivity index (χ0n) is 12.4. The molecular formula is C16H22N4. The van der Waals surface area contributed by atoms with E-state index in [2.05, 4.69) is 27.9 Å². The Morgan fingerprint density at radius 2 is 1.75 bits per heavy atom. The number of rotatable bonds is 5. The predicted molar refractivity (Wildman–Crippen MR) is 83.7 cm³/mol. The fourth-order valence-electron chi connectivity index (χ4n) is 2.25. The summed E-state index contributed by atoms with van der Waals surface area (Å²) in [5.41, 5.74) is 9.96. The number of nitrogens with zero attached hydrogens (tertiary/aromatic N) is 3. The van der Waals surface area contributed by atoms with Gasteiger partial charge in [-0.1, -0.05) is 25.1 Å². The van der Waals surface area contributed by atoms with Gasteiger partial charge in [0.1, 0.15) is 0 Å². The first kappa shape index (κ1) is 14.3.